The predicted octanol–water partition coefficient (Wildman–Crippen LogP) is 3.93. The lowest BCUT2D eigenvalue weighted by Crippen LogP contribution is -2.14. The summed E-state index contributed by atoms with van der Waals surface area (Å²) in [5.41, 5.74) is 1.72. The van der Waals surface area contributed by atoms with Crippen molar-refractivity contribution < 1.29 is 9.18 Å². The first kappa shape index (κ1) is 13.2. The van der Waals surface area contributed by atoms with Crippen molar-refractivity contribution in [2.75, 3.05) is 5.32 Å². The molecular formula is C17H13FN2O. The van der Waals surface area contributed by atoms with Crippen molar-refractivity contribution in [1.82, 2.24) is 4.98 Å². The summed E-state index contributed by atoms with van der Waals surface area (Å²) >= 11 is 0. The van der Waals surface area contributed by atoms with Gasteiger partial charge in [0.2, 0.25) is 0 Å². The Bertz CT molecular complexity index is 825. The zero-order valence-electron chi connectivity index (χ0n) is 11.4. The van der Waals surface area contributed by atoms with E-state index >= 15 is 0 Å². The largest absolute Gasteiger partial charge is 0.320 e. The van der Waals surface area contributed by atoms with E-state index in [1.807, 2.05) is 24.3 Å². The van der Waals surface area contributed by atoms with Gasteiger partial charge in [-0.2, -0.15) is 0 Å². The number of rotatable bonds is 2. The van der Waals surface area contributed by atoms with E-state index in [1.54, 1.807) is 31.3 Å². The third kappa shape index (κ3) is 2.48. The molecule has 3 aromatic rings. The number of nitrogens with one attached hydrogen (secondary N) is 1. The van der Waals surface area contributed by atoms with Crippen LogP contribution in [0.3, 0.4) is 0 Å². The Morgan fingerprint density at radius 2 is 1.86 bits per heavy atom. The fourth-order valence-electron chi connectivity index (χ4n) is 2.22. The second-order valence-corrected chi connectivity index (χ2v) is 4.77. The summed E-state index contributed by atoms with van der Waals surface area (Å²) in [4.78, 5) is 16.5. The Morgan fingerprint density at radius 1 is 1.10 bits per heavy atom. The molecule has 1 heterocycles. The molecule has 0 spiro atoms. The van der Waals surface area contributed by atoms with E-state index in [2.05, 4.69) is 10.3 Å². The van der Waals surface area contributed by atoms with Gasteiger partial charge >= 0.3 is 0 Å². The molecule has 0 bridgehead atoms. The number of anilines is 1. The number of carbonyl (C=O) groups is 1. The molecule has 1 aromatic heterocycles. The monoisotopic (exact) mass is 280 g/mol. The van der Waals surface area contributed by atoms with Crippen LogP contribution in [0.1, 0.15) is 15.9 Å². The van der Waals surface area contributed by atoms with Gasteiger partial charge in [-0.3, -0.25) is 9.78 Å². The Balaban J connectivity index is 1.99. The standard InChI is InChI=1S/C17H13FN2O/c1-11-5-2-8-13(15(11)18)17(21)20-14-9-3-6-12-7-4-10-19-16(12)14/h2-10H,1H3,(H,20,21). The Labute approximate surface area is 121 Å². The highest BCUT2D eigenvalue weighted by molar-refractivity contribution is 6.08. The molecule has 0 saturated carbocycles. The number of amides is 1. The molecule has 3 rings (SSSR count). The molecule has 0 radical (unpaired) electrons. The average Bonchev–Trinajstić information content (AvgIpc) is 2.50. The number of fused-ring (bicyclic) bond motifs is 1. The van der Waals surface area contributed by atoms with E-state index in [9.17, 15) is 9.18 Å². The minimum atomic E-state index is -0.497. The molecular weight excluding hydrogens is 267 g/mol. The van der Waals surface area contributed by atoms with Crippen LogP contribution in [0.2, 0.25) is 0 Å². The molecule has 0 unspecified atom stereocenters. The molecule has 21 heavy (non-hydrogen) atoms. The number of carbonyl (C=O) groups excluding carboxylic acids is 1. The third-order valence-corrected chi connectivity index (χ3v) is 3.32. The van der Waals surface area contributed by atoms with E-state index in [0.29, 0.717) is 16.8 Å². The number of pyridine rings is 1. The molecule has 0 fully saturated rings. The van der Waals surface area contributed by atoms with Crippen LogP contribution in [0.25, 0.3) is 10.9 Å². The molecule has 0 aliphatic carbocycles. The Kier molecular flexibility index (Phi) is 3.36. The first-order chi connectivity index (χ1) is 10.2. The van der Waals surface area contributed by atoms with E-state index < -0.39 is 11.7 Å². The van der Waals surface area contributed by atoms with Gasteiger partial charge in [0.15, 0.2) is 0 Å². The second kappa shape index (κ2) is 5.32. The van der Waals surface area contributed by atoms with Crippen molar-refractivity contribution in [3.63, 3.8) is 0 Å². The fraction of sp³-hybridized carbons (Fsp3) is 0.0588. The summed E-state index contributed by atoms with van der Waals surface area (Å²) in [5, 5.41) is 3.64. The average molecular weight is 280 g/mol. The highest BCUT2D eigenvalue weighted by atomic mass is 19.1. The summed E-state index contributed by atoms with van der Waals surface area (Å²) < 4.78 is 14.0. The van der Waals surface area contributed by atoms with Gasteiger partial charge in [-0.15, -0.1) is 0 Å². The molecule has 1 N–H and O–H groups in total. The first-order valence-corrected chi connectivity index (χ1v) is 6.57. The maximum absolute atomic E-state index is 14.0. The molecule has 0 aliphatic heterocycles. The van der Waals surface area contributed by atoms with Gasteiger partial charge in [0.1, 0.15) is 5.82 Å². The van der Waals surface area contributed by atoms with Crippen LogP contribution in [0.5, 0.6) is 0 Å². The summed E-state index contributed by atoms with van der Waals surface area (Å²) in [6.45, 7) is 1.63. The SMILES string of the molecule is Cc1cccc(C(=O)Nc2cccc3cccnc23)c1F. The van der Waals surface area contributed by atoms with Crippen molar-refractivity contribution >= 4 is 22.5 Å². The van der Waals surface area contributed by atoms with E-state index in [1.165, 1.54) is 6.07 Å². The zero-order chi connectivity index (χ0) is 14.8. The van der Waals surface area contributed by atoms with Crippen LogP contribution in [0.15, 0.2) is 54.7 Å². The van der Waals surface area contributed by atoms with Gasteiger partial charge in [0.25, 0.3) is 5.91 Å². The summed E-state index contributed by atoms with van der Waals surface area (Å²) in [7, 11) is 0. The molecule has 0 saturated heterocycles. The predicted molar refractivity (Wildman–Crippen MR) is 80.8 cm³/mol. The van der Waals surface area contributed by atoms with Crippen LogP contribution in [0.4, 0.5) is 10.1 Å². The van der Waals surface area contributed by atoms with Crippen molar-refractivity contribution in [3.05, 3.63) is 71.7 Å². The van der Waals surface area contributed by atoms with Gasteiger partial charge in [0.05, 0.1) is 16.8 Å². The van der Waals surface area contributed by atoms with Gasteiger partial charge in [0, 0.05) is 11.6 Å². The number of aryl methyl sites for hydroxylation is 1. The lowest BCUT2D eigenvalue weighted by atomic mass is 10.1. The van der Waals surface area contributed by atoms with Crippen molar-refractivity contribution in [2.45, 2.75) is 6.92 Å². The van der Waals surface area contributed by atoms with E-state index in [-0.39, 0.29) is 5.56 Å². The van der Waals surface area contributed by atoms with Gasteiger partial charge in [-0.1, -0.05) is 30.3 Å². The molecule has 2 aromatic carbocycles. The maximum atomic E-state index is 14.0. The minimum absolute atomic E-state index is 0.0305. The molecule has 4 heteroatoms. The van der Waals surface area contributed by atoms with Crippen LogP contribution in [0, 0.1) is 12.7 Å². The normalized spacial score (nSPS) is 10.6. The van der Waals surface area contributed by atoms with Crippen molar-refractivity contribution in [3.8, 4) is 0 Å². The molecule has 0 aliphatic rings. The quantitative estimate of drug-likeness (QED) is 0.772. The highest BCUT2D eigenvalue weighted by Crippen LogP contribution is 2.22. The smallest absolute Gasteiger partial charge is 0.258 e. The number of para-hydroxylation sites is 1. The molecule has 1 amide bonds. The number of halogens is 1. The van der Waals surface area contributed by atoms with Crippen molar-refractivity contribution in [1.29, 1.82) is 0 Å². The number of hydrogen-bond donors (Lipinski definition) is 1. The molecule has 0 atom stereocenters. The molecule has 104 valence electrons. The number of hydrogen-bond acceptors (Lipinski definition) is 2. The summed E-state index contributed by atoms with van der Waals surface area (Å²) in [6, 6.07) is 14.0. The lowest BCUT2D eigenvalue weighted by molar-refractivity contribution is 0.102. The van der Waals surface area contributed by atoms with Crippen molar-refractivity contribution in [2.24, 2.45) is 0 Å². The Morgan fingerprint density at radius 3 is 2.71 bits per heavy atom. The number of benzene rings is 2. The number of aromatic nitrogens is 1. The number of nitrogens with zero attached hydrogens (tertiary/aromatic N) is 1. The minimum Gasteiger partial charge on any atom is -0.320 e. The van der Waals surface area contributed by atoms with E-state index in [4.69, 9.17) is 0 Å². The Hall–Kier alpha value is -2.75. The second-order valence-electron chi connectivity index (χ2n) is 4.77. The summed E-state index contributed by atoms with van der Waals surface area (Å²) in [5.74, 6) is -0.974. The van der Waals surface area contributed by atoms with Gasteiger partial charge in [-0.05, 0) is 30.7 Å². The highest BCUT2D eigenvalue weighted by Gasteiger charge is 2.14. The van der Waals surface area contributed by atoms with Crippen LogP contribution >= 0.6 is 0 Å². The lowest BCUT2D eigenvalue weighted by Gasteiger charge is -2.09. The van der Waals surface area contributed by atoms with Crippen LogP contribution in [-0.4, -0.2) is 10.9 Å². The van der Waals surface area contributed by atoms with Crippen LogP contribution in [-0.2, 0) is 0 Å². The van der Waals surface area contributed by atoms with E-state index in [0.717, 1.165) is 5.39 Å². The fourth-order valence-corrected chi connectivity index (χ4v) is 2.22. The van der Waals surface area contributed by atoms with Crippen LogP contribution < -0.4 is 5.32 Å². The molecule has 3 nitrogen and oxygen atoms in total. The van der Waals surface area contributed by atoms with Gasteiger partial charge < -0.3 is 5.32 Å². The summed E-state index contributed by atoms with van der Waals surface area (Å²) in [6.07, 6.45) is 1.66. The van der Waals surface area contributed by atoms with Gasteiger partial charge in [-0.25, -0.2) is 4.39 Å². The topological polar surface area (TPSA) is 42.0 Å². The first-order valence-electron chi connectivity index (χ1n) is 6.57. The maximum Gasteiger partial charge on any atom is 0.258 e. The zero-order valence-corrected chi connectivity index (χ0v) is 11.4. The third-order valence-electron chi connectivity index (χ3n) is 3.32.